The summed E-state index contributed by atoms with van der Waals surface area (Å²) in [6.45, 7) is 0.0711. The Morgan fingerprint density at radius 2 is 2.21 bits per heavy atom. The number of imide groups is 1. The zero-order valence-corrected chi connectivity index (χ0v) is 7.28. The van der Waals surface area contributed by atoms with Crippen molar-refractivity contribution in [2.45, 2.75) is 0 Å². The summed E-state index contributed by atoms with van der Waals surface area (Å²) in [4.78, 5) is 21.2. The molecule has 0 aliphatic carbocycles. The normalized spacial score (nSPS) is 10.1. The van der Waals surface area contributed by atoms with Crippen LogP contribution in [0.3, 0.4) is 0 Å². The average Bonchev–Trinajstić information content (AvgIpc) is 2.11. The maximum Gasteiger partial charge on any atom is 0.319 e. The Balaban J connectivity index is 4.27. The lowest BCUT2D eigenvalue weighted by Crippen LogP contribution is -2.36. The van der Waals surface area contributed by atoms with Crippen LogP contribution in [0.1, 0.15) is 0 Å². The van der Waals surface area contributed by atoms with Gasteiger partial charge in [0.05, 0.1) is 6.61 Å². The van der Waals surface area contributed by atoms with Crippen LogP contribution in [-0.2, 0) is 4.79 Å². The molecule has 14 heavy (non-hydrogen) atoms. The van der Waals surface area contributed by atoms with Crippen molar-refractivity contribution in [1.29, 1.82) is 5.26 Å². The Morgan fingerprint density at radius 3 is 2.64 bits per heavy atom. The third-order valence-corrected chi connectivity index (χ3v) is 1.10. The van der Waals surface area contributed by atoms with Gasteiger partial charge in [0.25, 0.3) is 5.91 Å². The molecule has 0 unspecified atom stereocenters. The number of rotatable bonds is 4. The maximum absolute atomic E-state index is 11.0. The number of carbonyl (C=O) groups excluding carboxylic acids is 2. The molecular formula is C7H10N4O3. The summed E-state index contributed by atoms with van der Waals surface area (Å²) in [6, 6.07) is 0.534. The highest BCUT2D eigenvalue weighted by Crippen LogP contribution is 1.89. The smallest absolute Gasteiger partial charge is 0.319 e. The van der Waals surface area contributed by atoms with Crippen molar-refractivity contribution < 1.29 is 14.7 Å². The van der Waals surface area contributed by atoms with E-state index in [2.05, 4.69) is 11.1 Å². The van der Waals surface area contributed by atoms with Crippen LogP contribution in [0, 0.1) is 11.3 Å². The number of nitrogens with two attached hydrogens (primary N) is 1. The molecule has 0 saturated carbocycles. The van der Waals surface area contributed by atoms with Gasteiger partial charge in [-0.25, -0.2) is 4.79 Å². The van der Waals surface area contributed by atoms with Crippen molar-refractivity contribution in [3.63, 3.8) is 0 Å². The van der Waals surface area contributed by atoms with E-state index in [4.69, 9.17) is 10.4 Å². The first-order valence-electron chi connectivity index (χ1n) is 3.67. The molecule has 0 aromatic carbocycles. The zero-order valence-electron chi connectivity index (χ0n) is 7.28. The molecule has 5 N–H and O–H groups in total. The van der Waals surface area contributed by atoms with Crippen LogP contribution in [0.25, 0.3) is 0 Å². The maximum atomic E-state index is 11.0. The van der Waals surface area contributed by atoms with Gasteiger partial charge < -0.3 is 16.2 Å². The van der Waals surface area contributed by atoms with Crippen LogP contribution in [0.15, 0.2) is 11.8 Å². The van der Waals surface area contributed by atoms with E-state index in [0.29, 0.717) is 0 Å². The minimum Gasteiger partial charge on any atom is -0.395 e. The molecule has 0 saturated heterocycles. The van der Waals surface area contributed by atoms with Crippen molar-refractivity contribution in [2.75, 3.05) is 13.2 Å². The second-order valence-corrected chi connectivity index (χ2v) is 2.17. The molecule has 0 atom stereocenters. The lowest BCUT2D eigenvalue weighted by Gasteiger charge is -1.99. The van der Waals surface area contributed by atoms with Gasteiger partial charge in [-0.15, -0.1) is 0 Å². The first-order chi connectivity index (χ1) is 6.61. The van der Waals surface area contributed by atoms with Crippen molar-refractivity contribution in [2.24, 2.45) is 5.73 Å². The van der Waals surface area contributed by atoms with Crippen molar-refractivity contribution in [3.8, 4) is 6.07 Å². The van der Waals surface area contributed by atoms with Crippen molar-refractivity contribution >= 4 is 11.9 Å². The molecule has 0 spiro atoms. The molecule has 7 heteroatoms. The highest BCUT2D eigenvalue weighted by molar-refractivity contribution is 6.05. The van der Waals surface area contributed by atoms with Crippen LogP contribution in [-0.4, -0.2) is 30.2 Å². The van der Waals surface area contributed by atoms with Crippen LogP contribution in [0.5, 0.6) is 0 Å². The summed E-state index contributed by atoms with van der Waals surface area (Å²) >= 11 is 0. The molecule has 0 aliphatic rings. The first-order valence-corrected chi connectivity index (χ1v) is 3.67. The van der Waals surface area contributed by atoms with E-state index in [0.717, 1.165) is 6.20 Å². The van der Waals surface area contributed by atoms with Gasteiger partial charge in [-0.05, 0) is 0 Å². The van der Waals surface area contributed by atoms with Crippen molar-refractivity contribution in [3.05, 3.63) is 11.8 Å². The molecule has 0 aliphatic heterocycles. The number of amides is 3. The topological polar surface area (TPSA) is 128 Å². The standard InChI is InChI=1S/C7H10N4O3/c8-3-5(4-10-1-2-12)6(13)11-7(9)14/h4,10,12H,1-2H2,(H3,9,11,13,14)/b5-4+. The molecule has 76 valence electrons. The lowest BCUT2D eigenvalue weighted by atomic mass is 10.3. The molecule has 0 radical (unpaired) electrons. The predicted molar refractivity (Wildman–Crippen MR) is 46.5 cm³/mol. The Labute approximate surface area is 80.2 Å². The van der Waals surface area contributed by atoms with Gasteiger partial charge in [-0.3, -0.25) is 10.1 Å². The lowest BCUT2D eigenvalue weighted by molar-refractivity contribution is -0.116. The van der Waals surface area contributed by atoms with E-state index in [1.807, 2.05) is 0 Å². The molecule has 0 fully saturated rings. The Morgan fingerprint density at radius 1 is 1.57 bits per heavy atom. The Hall–Kier alpha value is -2.07. The van der Waals surface area contributed by atoms with E-state index in [1.54, 1.807) is 11.4 Å². The Bertz CT molecular complexity index is 292. The summed E-state index contributed by atoms with van der Waals surface area (Å²) in [7, 11) is 0. The number of aliphatic hydroxyl groups excluding tert-OH is 1. The van der Waals surface area contributed by atoms with Crippen LogP contribution in [0.4, 0.5) is 4.79 Å². The van der Waals surface area contributed by atoms with Gasteiger partial charge in [-0.2, -0.15) is 5.26 Å². The quantitative estimate of drug-likeness (QED) is 0.240. The van der Waals surface area contributed by atoms with Crippen LogP contribution < -0.4 is 16.4 Å². The fourth-order valence-electron chi connectivity index (χ4n) is 0.567. The number of nitrogens with one attached hydrogen (secondary N) is 2. The van der Waals surface area contributed by atoms with Gasteiger partial charge in [0.1, 0.15) is 11.6 Å². The number of primary amides is 1. The number of hydrogen-bond donors (Lipinski definition) is 4. The average molecular weight is 198 g/mol. The van der Waals surface area contributed by atoms with E-state index in [-0.39, 0.29) is 18.7 Å². The SMILES string of the molecule is N#C/C(=C\NCCO)C(=O)NC(N)=O. The largest absolute Gasteiger partial charge is 0.395 e. The molecule has 0 bridgehead atoms. The third kappa shape index (κ3) is 4.74. The van der Waals surface area contributed by atoms with Gasteiger partial charge in [0.2, 0.25) is 0 Å². The second-order valence-electron chi connectivity index (χ2n) is 2.17. The highest BCUT2D eigenvalue weighted by atomic mass is 16.3. The monoisotopic (exact) mass is 198 g/mol. The van der Waals surface area contributed by atoms with Crippen molar-refractivity contribution in [1.82, 2.24) is 10.6 Å². The second kappa shape index (κ2) is 6.45. The molecule has 0 heterocycles. The Kier molecular flexibility index (Phi) is 5.49. The van der Waals surface area contributed by atoms with Gasteiger partial charge in [0.15, 0.2) is 0 Å². The molecular weight excluding hydrogens is 188 g/mol. The van der Waals surface area contributed by atoms with E-state index < -0.39 is 11.9 Å². The first kappa shape index (κ1) is 11.9. The molecule has 0 aromatic heterocycles. The summed E-state index contributed by atoms with van der Waals surface area (Å²) in [5.74, 6) is -0.884. The van der Waals surface area contributed by atoms with Gasteiger partial charge in [0, 0.05) is 12.7 Å². The fraction of sp³-hybridized carbons (Fsp3) is 0.286. The number of hydrogen-bond acceptors (Lipinski definition) is 5. The summed E-state index contributed by atoms with van der Waals surface area (Å²) in [6.07, 6.45) is 1.09. The van der Waals surface area contributed by atoms with Gasteiger partial charge >= 0.3 is 6.03 Å². The van der Waals surface area contributed by atoms with Gasteiger partial charge in [-0.1, -0.05) is 0 Å². The summed E-state index contributed by atoms with van der Waals surface area (Å²) < 4.78 is 0. The predicted octanol–water partition coefficient (Wildman–Crippen LogP) is -1.83. The van der Waals surface area contributed by atoms with E-state index in [1.165, 1.54) is 0 Å². The highest BCUT2D eigenvalue weighted by Gasteiger charge is 2.09. The van der Waals surface area contributed by atoms with Crippen LogP contribution >= 0.6 is 0 Å². The molecule has 0 rings (SSSR count). The summed E-state index contributed by atoms with van der Waals surface area (Å²) in [5.41, 5.74) is 4.38. The zero-order chi connectivity index (χ0) is 11.0. The minimum atomic E-state index is -1.03. The number of aliphatic hydroxyl groups is 1. The summed E-state index contributed by atoms with van der Waals surface area (Å²) in [5, 5.41) is 21.1. The molecule has 0 aromatic rings. The minimum absolute atomic E-state index is 0.132. The fourth-order valence-corrected chi connectivity index (χ4v) is 0.567. The third-order valence-electron chi connectivity index (χ3n) is 1.10. The molecule has 7 nitrogen and oxygen atoms in total. The van der Waals surface area contributed by atoms with Crippen LogP contribution in [0.2, 0.25) is 0 Å². The number of nitriles is 1. The van der Waals surface area contributed by atoms with E-state index >= 15 is 0 Å². The number of carbonyl (C=O) groups is 2. The number of urea groups is 1. The molecule has 3 amide bonds. The van der Waals surface area contributed by atoms with E-state index in [9.17, 15) is 9.59 Å². The number of nitrogens with zero attached hydrogens (tertiary/aromatic N) is 1.